The van der Waals surface area contributed by atoms with E-state index in [1.807, 2.05) is 6.92 Å². The molecule has 1 aliphatic heterocycles. The van der Waals surface area contributed by atoms with E-state index in [1.54, 1.807) is 18.3 Å². The molecule has 1 N–H and O–H groups in total. The van der Waals surface area contributed by atoms with Crippen molar-refractivity contribution in [2.24, 2.45) is 0 Å². The molecule has 1 aromatic heterocycles. The van der Waals surface area contributed by atoms with Gasteiger partial charge < -0.3 is 15.0 Å². The number of aryl methyl sites for hydroxylation is 1. The highest BCUT2D eigenvalue weighted by Crippen LogP contribution is 2.28. The SMILES string of the molecule is CC(=O)NC(C)CCc1ccc(-c2csc(N3CCOCC3)n2)cc1. The predicted octanol–water partition coefficient (Wildman–Crippen LogP) is 3.10. The topological polar surface area (TPSA) is 54.5 Å². The number of carbonyl (C=O) groups is 1. The second-order valence-electron chi connectivity index (χ2n) is 6.45. The van der Waals surface area contributed by atoms with Crippen LogP contribution in [-0.2, 0) is 16.0 Å². The lowest BCUT2D eigenvalue weighted by molar-refractivity contribution is -0.119. The lowest BCUT2D eigenvalue weighted by Crippen LogP contribution is -2.36. The Balaban J connectivity index is 1.58. The molecule has 1 aromatic carbocycles. The lowest BCUT2D eigenvalue weighted by Gasteiger charge is -2.26. The Morgan fingerprint density at radius 3 is 2.72 bits per heavy atom. The predicted molar refractivity (Wildman–Crippen MR) is 102 cm³/mol. The van der Waals surface area contributed by atoms with Crippen LogP contribution in [0.5, 0.6) is 0 Å². The summed E-state index contributed by atoms with van der Waals surface area (Å²) < 4.78 is 5.40. The smallest absolute Gasteiger partial charge is 0.217 e. The van der Waals surface area contributed by atoms with Crippen molar-refractivity contribution in [1.29, 1.82) is 0 Å². The Morgan fingerprint density at radius 2 is 2.04 bits per heavy atom. The highest BCUT2D eigenvalue weighted by atomic mass is 32.1. The van der Waals surface area contributed by atoms with Gasteiger partial charge in [0, 0.05) is 37.0 Å². The monoisotopic (exact) mass is 359 g/mol. The third-order valence-electron chi connectivity index (χ3n) is 4.34. The van der Waals surface area contributed by atoms with Crippen molar-refractivity contribution < 1.29 is 9.53 Å². The number of amides is 1. The van der Waals surface area contributed by atoms with Crippen LogP contribution in [0.3, 0.4) is 0 Å². The van der Waals surface area contributed by atoms with Gasteiger partial charge in [0.25, 0.3) is 0 Å². The first-order valence-electron chi connectivity index (χ1n) is 8.76. The molecular weight excluding hydrogens is 334 g/mol. The van der Waals surface area contributed by atoms with Crippen molar-refractivity contribution in [3.63, 3.8) is 0 Å². The molecule has 1 amide bonds. The van der Waals surface area contributed by atoms with Crippen molar-refractivity contribution in [1.82, 2.24) is 10.3 Å². The number of rotatable bonds is 6. The Morgan fingerprint density at radius 1 is 1.32 bits per heavy atom. The summed E-state index contributed by atoms with van der Waals surface area (Å²) in [6.07, 6.45) is 1.90. The van der Waals surface area contributed by atoms with Crippen molar-refractivity contribution in [3.8, 4) is 11.3 Å². The van der Waals surface area contributed by atoms with E-state index < -0.39 is 0 Å². The zero-order valence-electron chi connectivity index (χ0n) is 14.8. The van der Waals surface area contributed by atoms with Crippen LogP contribution in [-0.4, -0.2) is 43.2 Å². The molecule has 1 aliphatic rings. The molecule has 3 rings (SSSR count). The Labute approximate surface area is 153 Å². The first-order chi connectivity index (χ1) is 12.1. The molecular formula is C19H25N3O2S. The number of nitrogens with one attached hydrogen (secondary N) is 1. The van der Waals surface area contributed by atoms with Crippen molar-refractivity contribution >= 4 is 22.4 Å². The molecule has 0 bridgehead atoms. The summed E-state index contributed by atoms with van der Waals surface area (Å²) in [5, 5.41) is 6.12. The summed E-state index contributed by atoms with van der Waals surface area (Å²) in [6.45, 7) is 6.99. The van der Waals surface area contributed by atoms with Gasteiger partial charge in [0.05, 0.1) is 18.9 Å². The normalized spacial score (nSPS) is 15.8. The van der Waals surface area contributed by atoms with E-state index in [1.165, 1.54) is 5.56 Å². The van der Waals surface area contributed by atoms with Gasteiger partial charge in [0.1, 0.15) is 0 Å². The minimum Gasteiger partial charge on any atom is -0.378 e. The number of morpholine rings is 1. The summed E-state index contributed by atoms with van der Waals surface area (Å²) in [5.41, 5.74) is 3.46. The van der Waals surface area contributed by atoms with Crippen LogP contribution in [0.15, 0.2) is 29.6 Å². The Hall–Kier alpha value is -1.92. The van der Waals surface area contributed by atoms with E-state index in [-0.39, 0.29) is 11.9 Å². The fraction of sp³-hybridized carbons (Fsp3) is 0.474. The van der Waals surface area contributed by atoms with Crippen LogP contribution >= 0.6 is 11.3 Å². The van der Waals surface area contributed by atoms with E-state index in [0.29, 0.717) is 0 Å². The lowest BCUT2D eigenvalue weighted by atomic mass is 10.0. The number of aromatic nitrogens is 1. The summed E-state index contributed by atoms with van der Waals surface area (Å²) in [5.74, 6) is 0.0300. The average Bonchev–Trinajstić information content (AvgIpc) is 3.11. The first-order valence-corrected chi connectivity index (χ1v) is 9.64. The highest BCUT2D eigenvalue weighted by molar-refractivity contribution is 7.14. The van der Waals surface area contributed by atoms with Gasteiger partial charge in [-0.05, 0) is 25.3 Å². The number of thiazole rings is 1. The number of hydrogen-bond acceptors (Lipinski definition) is 5. The summed E-state index contributed by atoms with van der Waals surface area (Å²) in [6, 6.07) is 8.78. The zero-order valence-corrected chi connectivity index (χ0v) is 15.6. The molecule has 25 heavy (non-hydrogen) atoms. The molecule has 0 aliphatic carbocycles. The molecule has 2 heterocycles. The number of carbonyl (C=O) groups excluding carboxylic acids is 1. The first kappa shape index (κ1) is 17.9. The Kier molecular flexibility index (Phi) is 6.04. The Bertz CT molecular complexity index is 693. The summed E-state index contributed by atoms with van der Waals surface area (Å²) in [7, 11) is 0. The van der Waals surface area contributed by atoms with Crippen LogP contribution < -0.4 is 10.2 Å². The highest BCUT2D eigenvalue weighted by Gasteiger charge is 2.15. The molecule has 134 valence electrons. The van der Waals surface area contributed by atoms with Crippen molar-refractivity contribution in [2.75, 3.05) is 31.2 Å². The maximum absolute atomic E-state index is 11.1. The fourth-order valence-electron chi connectivity index (χ4n) is 2.94. The van der Waals surface area contributed by atoms with Gasteiger partial charge in [-0.25, -0.2) is 4.98 Å². The minimum absolute atomic E-state index is 0.0300. The van der Waals surface area contributed by atoms with Gasteiger partial charge >= 0.3 is 0 Å². The van der Waals surface area contributed by atoms with Crippen LogP contribution in [0.25, 0.3) is 11.3 Å². The van der Waals surface area contributed by atoms with E-state index in [4.69, 9.17) is 9.72 Å². The number of benzene rings is 1. The van der Waals surface area contributed by atoms with Gasteiger partial charge in [-0.2, -0.15) is 0 Å². The van der Waals surface area contributed by atoms with E-state index in [0.717, 1.165) is 55.5 Å². The van der Waals surface area contributed by atoms with Crippen LogP contribution in [0.2, 0.25) is 0 Å². The minimum atomic E-state index is 0.0300. The molecule has 6 heteroatoms. The van der Waals surface area contributed by atoms with Crippen molar-refractivity contribution in [3.05, 3.63) is 35.2 Å². The van der Waals surface area contributed by atoms with E-state index in [2.05, 4.69) is 39.9 Å². The van der Waals surface area contributed by atoms with Gasteiger partial charge in [0.2, 0.25) is 5.91 Å². The molecule has 0 saturated carbocycles. The molecule has 1 atom stereocenters. The molecule has 0 radical (unpaired) electrons. The number of hydrogen-bond donors (Lipinski definition) is 1. The number of nitrogens with zero attached hydrogens (tertiary/aromatic N) is 2. The summed E-state index contributed by atoms with van der Waals surface area (Å²) >= 11 is 1.69. The van der Waals surface area contributed by atoms with Gasteiger partial charge in [-0.15, -0.1) is 11.3 Å². The number of anilines is 1. The molecule has 5 nitrogen and oxygen atoms in total. The van der Waals surface area contributed by atoms with Gasteiger partial charge in [-0.1, -0.05) is 24.3 Å². The molecule has 1 saturated heterocycles. The molecule has 2 aromatic rings. The maximum Gasteiger partial charge on any atom is 0.217 e. The third-order valence-corrected chi connectivity index (χ3v) is 5.24. The largest absolute Gasteiger partial charge is 0.378 e. The standard InChI is InChI=1S/C19H25N3O2S/c1-14(20-15(2)23)3-4-16-5-7-17(8-6-16)18-13-25-19(21-18)22-9-11-24-12-10-22/h5-8,13-14H,3-4,9-12H2,1-2H3,(H,20,23). The van der Waals surface area contributed by atoms with Gasteiger partial charge in [0.15, 0.2) is 5.13 Å². The average molecular weight is 359 g/mol. The second kappa shape index (κ2) is 8.45. The number of ether oxygens (including phenoxy) is 1. The third kappa shape index (κ3) is 5.03. The van der Waals surface area contributed by atoms with E-state index in [9.17, 15) is 4.79 Å². The van der Waals surface area contributed by atoms with Crippen molar-refractivity contribution in [2.45, 2.75) is 32.7 Å². The quantitative estimate of drug-likeness (QED) is 0.861. The second-order valence-corrected chi connectivity index (χ2v) is 7.29. The van der Waals surface area contributed by atoms with Crippen LogP contribution in [0, 0.1) is 0 Å². The maximum atomic E-state index is 11.1. The molecule has 1 fully saturated rings. The van der Waals surface area contributed by atoms with E-state index >= 15 is 0 Å². The molecule has 0 spiro atoms. The summed E-state index contributed by atoms with van der Waals surface area (Å²) in [4.78, 5) is 18.1. The zero-order chi connectivity index (χ0) is 17.6. The fourth-order valence-corrected chi connectivity index (χ4v) is 3.83. The van der Waals surface area contributed by atoms with Crippen LogP contribution in [0.1, 0.15) is 25.8 Å². The van der Waals surface area contributed by atoms with Crippen LogP contribution in [0.4, 0.5) is 5.13 Å². The molecule has 1 unspecified atom stereocenters. The van der Waals surface area contributed by atoms with Gasteiger partial charge in [-0.3, -0.25) is 4.79 Å².